The third-order valence-corrected chi connectivity index (χ3v) is 7.80. The zero-order valence-electron chi connectivity index (χ0n) is 30.3. The van der Waals surface area contributed by atoms with Crippen molar-refractivity contribution in [2.45, 2.75) is 161 Å². The molecule has 2 unspecified atom stereocenters. The number of aliphatic hydroxyl groups excluding tert-OH is 2. The number of carbonyl (C=O) groups is 1. The van der Waals surface area contributed by atoms with Crippen LogP contribution >= 0.6 is 0 Å². The number of allylic oxidation sites excluding steroid dienone is 15. The number of aliphatic hydroxyl groups is 2. The summed E-state index contributed by atoms with van der Waals surface area (Å²) in [5.41, 5.74) is 0. The molecule has 4 heteroatoms. The number of hydrogen-bond acceptors (Lipinski definition) is 3. The molecular weight excluding hydrogens is 578 g/mol. The van der Waals surface area contributed by atoms with Crippen LogP contribution in [0.3, 0.4) is 0 Å². The molecule has 4 nitrogen and oxygen atoms in total. The summed E-state index contributed by atoms with van der Waals surface area (Å²) in [6, 6.07) is -0.651. The van der Waals surface area contributed by atoms with E-state index in [9.17, 15) is 15.0 Å². The highest BCUT2D eigenvalue weighted by molar-refractivity contribution is 5.76. The fourth-order valence-electron chi connectivity index (χ4n) is 4.90. The minimum absolute atomic E-state index is 0.0971. The van der Waals surface area contributed by atoms with Crippen molar-refractivity contribution in [2.75, 3.05) is 6.61 Å². The quantitative estimate of drug-likeness (QED) is 0.0502. The Morgan fingerprint density at radius 3 is 1.49 bits per heavy atom. The average Bonchev–Trinajstić information content (AvgIpc) is 3.07. The Balaban J connectivity index is 3.72. The van der Waals surface area contributed by atoms with Crippen LogP contribution in [0.2, 0.25) is 0 Å². The lowest BCUT2D eigenvalue weighted by molar-refractivity contribution is -0.123. The molecule has 2 atom stereocenters. The van der Waals surface area contributed by atoms with Gasteiger partial charge in [0.15, 0.2) is 0 Å². The molecule has 0 spiro atoms. The Morgan fingerprint density at radius 2 is 0.957 bits per heavy atom. The van der Waals surface area contributed by atoms with Gasteiger partial charge in [0.05, 0.1) is 18.8 Å². The van der Waals surface area contributed by atoms with Gasteiger partial charge >= 0.3 is 0 Å². The number of carbonyl (C=O) groups excluding carboxylic acids is 1. The smallest absolute Gasteiger partial charge is 0.220 e. The van der Waals surface area contributed by atoms with E-state index in [1.807, 2.05) is 6.08 Å². The maximum atomic E-state index is 12.3. The molecule has 0 radical (unpaired) electrons. The van der Waals surface area contributed by atoms with Gasteiger partial charge in [-0.1, -0.05) is 156 Å². The summed E-state index contributed by atoms with van der Waals surface area (Å²) in [7, 11) is 0. The first-order valence-electron chi connectivity index (χ1n) is 19.0. The second-order valence-corrected chi connectivity index (χ2v) is 12.2. The minimum atomic E-state index is -0.872. The first-order valence-corrected chi connectivity index (χ1v) is 19.0. The summed E-state index contributed by atoms with van der Waals surface area (Å²) < 4.78 is 0. The molecule has 266 valence electrons. The van der Waals surface area contributed by atoms with E-state index < -0.39 is 12.1 Å². The highest BCUT2D eigenvalue weighted by atomic mass is 16.3. The number of amides is 1. The van der Waals surface area contributed by atoms with E-state index in [0.29, 0.717) is 6.42 Å². The summed E-state index contributed by atoms with van der Waals surface area (Å²) >= 11 is 0. The Bertz CT molecular complexity index is 921. The molecule has 47 heavy (non-hydrogen) atoms. The molecule has 0 saturated heterocycles. The summed E-state index contributed by atoms with van der Waals surface area (Å²) in [4.78, 5) is 12.3. The molecule has 0 aliphatic heterocycles. The van der Waals surface area contributed by atoms with Crippen LogP contribution in [0.15, 0.2) is 97.2 Å². The third-order valence-electron chi connectivity index (χ3n) is 7.80. The fourth-order valence-corrected chi connectivity index (χ4v) is 4.90. The normalized spacial score (nSPS) is 14.2. The molecule has 3 N–H and O–H groups in total. The van der Waals surface area contributed by atoms with Gasteiger partial charge in [0, 0.05) is 6.42 Å². The van der Waals surface area contributed by atoms with E-state index in [1.165, 1.54) is 44.9 Å². The van der Waals surface area contributed by atoms with Crippen molar-refractivity contribution in [1.82, 2.24) is 5.32 Å². The van der Waals surface area contributed by atoms with Crippen molar-refractivity contribution < 1.29 is 15.0 Å². The van der Waals surface area contributed by atoms with Crippen molar-refractivity contribution >= 4 is 5.91 Å². The molecule has 0 bridgehead atoms. The van der Waals surface area contributed by atoms with Gasteiger partial charge in [-0.15, -0.1) is 0 Å². The predicted molar refractivity (Wildman–Crippen MR) is 206 cm³/mol. The standard InChI is InChI=1S/C43H71NO3/c1-3-5-7-9-11-13-15-16-17-18-19-20-21-22-23-24-25-26-27-28-29-31-33-35-37-39-43(47)44-41(40-45)42(46)38-36-34-32-30-14-12-10-8-6-4-2/h5,7,11,13-14,16-17,19-20,22-23,25-26,30,36,38,41-42,45-46H,3-4,6,8-10,12,15,18,21,24,27-29,31-35,37,39-40H2,1-2H3,(H,44,47)/b7-5-,13-11-,17-16-,20-19-,23-22-,26-25-,30-14+,38-36+. The van der Waals surface area contributed by atoms with E-state index >= 15 is 0 Å². The maximum Gasteiger partial charge on any atom is 0.220 e. The van der Waals surface area contributed by atoms with Crippen molar-refractivity contribution in [1.29, 1.82) is 0 Å². The molecule has 1 amide bonds. The van der Waals surface area contributed by atoms with Gasteiger partial charge < -0.3 is 15.5 Å². The molecule has 0 heterocycles. The molecular formula is C43H71NO3. The van der Waals surface area contributed by atoms with Crippen LogP contribution in [0.4, 0.5) is 0 Å². The van der Waals surface area contributed by atoms with Gasteiger partial charge in [0.1, 0.15) is 0 Å². The van der Waals surface area contributed by atoms with Crippen LogP contribution in [0, 0.1) is 0 Å². The summed E-state index contributed by atoms with van der Waals surface area (Å²) in [6.07, 6.45) is 56.4. The van der Waals surface area contributed by atoms with Gasteiger partial charge in [0.25, 0.3) is 0 Å². The zero-order valence-corrected chi connectivity index (χ0v) is 30.3. The molecule has 0 aliphatic carbocycles. The van der Waals surface area contributed by atoms with Crippen molar-refractivity contribution in [3.8, 4) is 0 Å². The molecule has 0 rings (SSSR count). The predicted octanol–water partition coefficient (Wildman–Crippen LogP) is 11.5. The molecule has 0 saturated carbocycles. The van der Waals surface area contributed by atoms with E-state index in [4.69, 9.17) is 0 Å². The van der Waals surface area contributed by atoms with E-state index in [0.717, 1.165) is 83.5 Å². The Morgan fingerprint density at radius 1 is 0.532 bits per heavy atom. The second kappa shape index (κ2) is 37.8. The third kappa shape index (κ3) is 34.5. The average molecular weight is 650 g/mol. The monoisotopic (exact) mass is 650 g/mol. The number of nitrogens with one attached hydrogen (secondary N) is 1. The zero-order chi connectivity index (χ0) is 34.3. The van der Waals surface area contributed by atoms with Crippen molar-refractivity contribution in [3.05, 3.63) is 97.2 Å². The highest BCUT2D eigenvalue weighted by Crippen LogP contribution is 2.10. The van der Waals surface area contributed by atoms with Gasteiger partial charge in [0.2, 0.25) is 5.91 Å². The minimum Gasteiger partial charge on any atom is -0.394 e. The fraction of sp³-hybridized carbons (Fsp3) is 0.605. The largest absolute Gasteiger partial charge is 0.394 e. The molecule has 0 aromatic rings. The maximum absolute atomic E-state index is 12.3. The summed E-state index contributed by atoms with van der Waals surface area (Å²) in [5.74, 6) is -0.0971. The highest BCUT2D eigenvalue weighted by Gasteiger charge is 2.17. The lowest BCUT2D eigenvalue weighted by Crippen LogP contribution is -2.45. The SMILES string of the molecule is CC/C=C\C/C=C\C/C=C\C/C=C\C/C=C\C/C=C\CCCCCCCCC(=O)NC(CO)C(O)/C=C/CC/C=C/CCCCCC. The molecule has 0 aliphatic rings. The van der Waals surface area contributed by atoms with Gasteiger partial charge in [-0.25, -0.2) is 0 Å². The molecule has 0 fully saturated rings. The van der Waals surface area contributed by atoms with Gasteiger partial charge in [-0.05, 0) is 83.5 Å². The first kappa shape index (κ1) is 44.3. The van der Waals surface area contributed by atoms with Crippen LogP contribution in [-0.4, -0.2) is 34.9 Å². The van der Waals surface area contributed by atoms with Crippen molar-refractivity contribution in [3.63, 3.8) is 0 Å². The number of unbranched alkanes of at least 4 members (excludes halogenated alkanes) is 11. The van der Waals surface area contributed by atoms with Crippen LogP contribution in [0.1, 0.15) is 149 Å². The number of hydrogen-bond donors (Lipinski definition) is 3. The van der Waals surface area contributed by atoms with Gasteiger partial charge in [-0.2, -0.15) is 0 Å². The lowest BCUT2D eigenvalue weighted by atomic mass is 10.1. The molecule has 0 aromatic heterocycles. The summed E-state index contributed by atoms with van der Waals surface area (Å²) in [6.45, 7) is 4.11. The summed E-state index contributed by atoms with van der Waals surface area (Å²) in [5, 5.41) is 22.8. The van der Waals surface area contributed by atoms with Crippen molar-refractivity contribution in [2.24, 2.45) is 0 Å². The van der Waals surface area contributed by atoms with E-state index in [1.54, 1.807) is 6.08 Å². The van der Waals surface area contributed by atoms with E-state index in [2.05, 4.69) is 104 Å². The van der Waals surface area contributed by atoms with Crippen LogP contribution in [0.5, 0.6) is 0 Å². The Hall–Kier alpha value is -2.69. The van der Waals surface area contributed by atoms with E-state index in [-0.39, 0.29) is 12.5 Å². The van der Waals surface area contributed by atoms with Crippen LogP contribution < -0.4 is 5.32 Å². The van der Waals surface area contributed by atoms with Gasteiger partial charge in [-0.3, -0.25) is 4.79 Å². The first-order chi connectivity index (χ1) is 23.2. The Kier molecular flexibility index (Phi) is 35.6. The van der Waals surface area contributed by atoms with Crippen LogP contribution in [0.25, 0.3) is 0 Å². The number of rotatable bonds is 32. The Labute approximate surface area is 290 Å². The lowest BCUT2D eigenvalue weighted by Gasteiger charge is -2.19. The van der Waals surface area contributed by atoms with Crippen LogP contribution in [-0.2, 0) is 4.79 Å². The molecule has 0 aromatic carbocycles. The topological polar surface area (TPSA) is 69.6 Å². The second-order valence-electron chi connectivity index (χ2n) is 12.2.